The minimum Gasteiger partial charge on any atom is -0.481 e. The molecule has 2 N–H and O–H groups in total. The van der Waals surface area contributed by atoms with Crippen molar-refractivity contribution in [1.29, 1.82) is 0 Å². The third-order valence-corrected chi connectivity index (χ3v) is 3.77. The van der Waals surface area contributed by atoms with Crippen molar-refractivity contribution in [2.45, 2.75) is 19.8 Å². The number of benzene rings is 1. The number of carboxylic acid groups (broad SMARTS) is 1. The Labute approximate surface area is 125 Å². The van der Waals surface area contributed by atoms with E-state index in [1.165, 1.54) is 6.92 Å². The number of aliphatic carboxylic acids is 1. The maximum Gasteiger partial charge on any atom is 0.307 e. The van der Waals surface area contributed by atoms with Gasteiger partial charge in [-0.05, 0) is 50.4 Å². The van der Waals surface area contributed by atoms with Gasteiger partial charge in [0.05, 0.1) is 5.92 Å². The van der Waals surface area contributed by atoms with Crippen LogP contribution in [-0.4, -0.2) is 29.9 Å². The first-order chi connectivity index (χ1) is 9.08. The summed E-state index contributed by atoms with van der Waals surface area (Å²) in [7, 11) is 0. The van der Waals surface area contributed by atoms with E-state index in [0.717, 1.165) is 25.1 Å². The lowest BCUT2D eigenvalue weighted by Gasteiger charge is -2.18. The molecule has 0 aromatic heterocycles. The third-order valence-electron chi connectivity index (χ3n) is 3.77. The molecule has 0 saturated carbocycles. The van der Waals surface area contributed by atoms with Crippen molar-refractivity contribution in [3.05, 3.63) is 35.4 Å². The first-order valence-corrected chi connectivity index (χ1v) is 6.61. The van der Waals surface area contributed by atoms with Crippen LogP contribution in [0, 0.1) is 11.8 Å². The molecule has 0 amide bonds. The molecule has 5 heteroatoms. The highest BCUT2D eigenvalue weighted by molar-refractivity contribution is 5.94. The Morgan fingerprint density at radius 1 is 1.45 bits per heavy atom. The summed E-state index contributed by atoms with van der Waals surface area (Å²) < 4.78 is 0. The minimum absolute atomic E-state index is 0. The zero-order valence-electron chi connectivity index (χ0n) is 11.5. The predicted molar refractivity (Wildman–Crippen MR) is 79.5 cm³/mol. The van der Waals surface area contributed by atoms with E-state index in [2.05, 4.69) is 5.32 Å². The molecule has 4 nitrogen and oxygen atoms in total. The standard InChI is InChI=1S/C15H19NO3.ClH/c1-10(17)12-4-2-3-11(7-12)8-14(15(18)19)13-5-6-16-9-13;/h2-4,7,13-14,16H,5-6,8-9H2,1H3,(H,18,19);1H/t13-,14-;/m0./s1. The fourth-order valence-electron chi connectivity index (χ4n) is 2.65. The molecule has 0 bridgehead atoms. The van der Waals surface area contributed by atoms with E-state index in [1.54, 1.807) is 12.1 Å². The normalized spacial score (nSPS) is 19.1. The average Bonchev–Trinajstić information content (AvgIpc) is 2.89. The van der Waals surface area contributed by atoms with Gasteiger partial charge in [-0.15, -0.1) is 12.4 Å². The van der Waals surface area contributed by atoms with E-state index in [4.69, 9.17) is 0 Å². The largest absolute Gasteiger partial charge is 0.481 e. The zero-order chi connectivity index (χ0) is 13.8. The Morgan fingerprint density at radius 3 is 2.75 bits per heavy atom. The molecule has 1 aliphatic rings. The highest BCUT2D eigenvalue weighted by Gasteiger charge is 2.30. The third kappa shape index (κ3) is 4.05. The number of nitrogens with one attached hydrogen (secondary N) is 1. The molecule has 1 aromatic rings. The lowest BCUT2D eigenvalue weighted by molar-refractivity contribution is -0.143. The summed E-state index contributed by atoms with van der Waals surface area (Å²) in [5, 5.41) is 12.6. The fraction of sp³-hybridized carbons (Fsp3) is 0.467. The van der Waals surface area contributed by atoms with Gasteiger partial charge in [-0.1, -0.05) is 18.2 Å². The van der Waals surface area contributed by atoms with E-state index < -0.39 is 5.97 Å². The molecule has 20 heavy (non-hydrogen) atoms. The van der Waals surface area contributed by atoms with E-state index in [1.807, 2.05) is 12.1 Å². The van der Waals surface area contributed by atoms with Gasteiger partial charge in [-0.2, -0.15) is 0 Å². The van der Waals surface area contributed by atoms with Crippen LogP contribution >= 0.6 is 12.4 Å². The second-order valence-corrected chi connectivity index (χ2v) is 5.16. The van der Waals surface area contributed by atoms with E-state index >= 15 is 0 Å². The molecule has 1 heterocycles. The summed E-state index contributed by atoms with van der Waals surface area (Å²) in [5.74, 6) is -0.936. The molecule has 0 radical (unpaired) electrons. The van der Waals surface area contributed by atoms with Crippen molar-refractivity contribution in [1.82, 2.24) is 5.32 Å². The topological polar surface area (TPSA) is 66.4 Å². The minimum atomic E-state index is -0.748. The van der Waals surface area contributed by atoms with Crippen molar-refractivity contribution in [3.63, 3.8) is 0 Å². The fourth-order valence-corrected chi connectivity index (χ4v) is 2.65. The zero-order valence-corrected chi connectivity index (χ0v) is 12.3. The molecule has 1 fully saturated rings. The highest BCUT2D eigenvalue weighted by atomic mass is 35.5. The lowest BCUT2D eigenvalue weighted by Crippen LogP contribution is -2.27. The van der Waals surface area contributed by atoms with E-state index in [9.17, 15) is 14.7 Å². The predicted octanol–water partition coefficient (Wildman–Crippen LogP) is 2.16. The monoisotopic (exact) mass is 297 g/mol. The van der Waals surface area contributed by atoms with Gasteiger partial charge < -0.3 is 10.4 Å². The van der Waals surface area contributed by atoms with E-state index in [0.29, 0.717) is 12.0 Å². The van der Waals surface area contributed by atoms with Gasteiger partial charge in [0.25, 0.3) is 0 Å². The first kappa shape index (κ1) is 16.7. The molecule has 1 aromatic carbocycles. The molecule has 2 atom stereocenters. The van der Waals surface area contributed by atoms with Crippen molar-refractivity contribution >= 4 is 24.2 Å². The number of hydrogen-bond donors (Lipinski definition) is 2. The van der Waals surface area contributed by atoms with Crippen LogP contribution in [0.3, 0.4) is 0 Å². The summed E-state index contributed by atoms with van der Waals surface area (Å²) in [6, 6.07) is 7.28. The van der Waals surface area contributed by atoms with Crippen LogP contribution in [0.4, 0.5) is 0 Å². The van der Waals surface area contributed by atoms with Crippen LogP contribution in [0.25, 0.3) is 0 Å². The maximum absolute atomic E-state index is 11.4. The molecular weight excluding hydrogens is 278 g/mol. The van der Waals surface area contributed by atoms with Crippen LogP contribution < -0.4 is 5.32 Å². The summed E-state index contributed by atoms with van der Waals surface area (Å²) in [5.41, 5.74) is 1.57. The number of halogens is 1. The van der Waals surface area contributed by atoms with Gasteiger partial charge in [0.1, 0.15) is 0 Å². The van der Waals surface area contributed by atoms with Crippen molar-refractivity contribution < 1.29 is 14.7 Å². The van der Waals surface area contributed by atoms with Gasteiger partial charge in [0.15, 0.2) is 5.78 Å². The molecule has 0 spiro atoms. The van der Waals surface area contributed by atoms with Crippen LogP contribution in [0.5, 0.6) is 0 Å². The number of hydrogen-bond acceptors (Lipinski definition) is 3. The molecule has 2 rings (SSSR count). The molecule has 1 aliphatic heterocycles. The lowest BCUT2D eigenvalue weighted by atomic mass is 9.86. The smallest absolute Gasteiger partial charge is 0.307 e. The second-order valence-electron chi connectivity index (χ2n) is 5.16. The molecular formula is C15H20ClNO3. The van der Waals surface area contributed by atoms with Crippen LogP contribution in [0.15, 0.2) is 24.3 Å². The van der Waals surface area contributed by atoms with Crippen molar-refractivity contribution in [3.8, 4) is 0 Å². The van der Waals surface area contributed by atoms with Gasteiger partial charge in [-0.25, -0.2) is 0 Å². The summed E-state index contributed by atoms with van der Waals surface area (Å²) >= 11 is 0. The van der Waals surface area contributed by atoms with Gasteiger partial charge in [0, 0.05) is 5.56 Å². The number of ketones is 1. The number of rotatable bonds is 5. The van der Waals surface area contributed by atoms with Crippen molar-refractivity contribution in [2.24, 2.45) is 11.8 Å². The van der Waals surface area contributed by atoms with Crippen molar-refractivity contribution in [2.75, 3.05) is 13.1 Å². The Balaban J connectivity index is 0.00000200. The Kier molecular flexibility index (Phi) is 6.17. The summed E-state index contributed by atoms with van der Waals surface area (Å²) in [4.78, 5) is 22.8. The van der Waals surface area contributed by atoms with Crippen LogP contribution in [-0.2, 0) is 11.2 Å². The average molecular weight is 298 g/mol. The quantitative estimate of drug-likeness (QED) is 0.818. The van der Waals surface area contributed by atoms with E-state index in [-0.39, 0.29) is 30.0 Å². The van der Waals surface area contributed by atoms with Crippen LogP contribution in [0.1, 0.15) is 29.3 Å². The summed E-state index contributed by atoms with van der Waals surface area (Å²) in [6.07, 6.45) is 1.40. The highest BCUT2D eigenvalue weighted by Crippen LogP contribution is 2.24. The molecule has 110 valence electrons. The number of carboxylic acids is 1. The number of carbonyl (C=O) groups is 2. The maximum atomic E-state index is 11.4. The van der Waals surface area contributed by atoms with Gasteiger partial charge in [-0.3, -0.25) is 9.59 Å². The molecule has 0 unspecified atom stereocenters. The number of carbonyl (C=O) groups excluding carboxylic acids is 1. The SMILES string of the molecule is CC(=O)c1cccc(C[C@H](C(=O)O)[C@H]2CCNC2)c1.Cl. The second kappa shape index (κ2) is 7.41. The Hall–Kier alpha value is -1.39. The summed E-state index contributed by atoms with van der Waals surface area (Å²) in [6.45, 7) is 3.18. The van der Waals surface area contributed by atoms with Crippen LogP contribution in [0.2, 0.25) is 0 Å². The molecule has 1 saturated heterocycles. The van der Waals surface area contributed by atoms with Gasteiger partial charge >= 0.3 is 5.97 Å². The Bertz CT molecular complexity index is 484. The first-order valence-electron chi connectivity index (χ1n) is 6.61. The Morgan fingerprint density at radius 2 is 2.20 bits per heavy atom. The van der Waals surface area contributed by atoms with Gasteiger partial charge in [0.2, 0.25) is 0 Å². The molecule has 0 aliphatic carbocycles. The number of Topliss-reactive ketones (excluding diaryl/α,β-unsaturated/α-hetero) is 1.